The van der Waals surface area contributed by atoms with E-state index in [-0.39, 0.29) is 5.75 Å². The molecule has 1 aromatic heterocycles. The Morgan fingerprint density at radius 3 is 2.58 bits per heavy atom. The standard InChI is InChI=1S/C11H5BrF2N2O3/c12-6-3-9(14)11(15-5-6)19-10-2-1-7(16(17)18)4-8(10)13/h1-5H. The van der Waals surface area contributed by atoms with E-state index in [1.165, 1.54) is 6.20 Å². The average Bonchev–Trinajstić information content (AvgIpc) is 2.34. The molecule has 0 unspecified atom stereocenters. The van der Waals surface area contributed by atoms with E-state index in [9.17, 15) is 18.9 Å². The van der Waals surface area contributed by atoms with Gasteiger partial charge in [0.05, 0.1) is 11.0 Å². The van der Waals surface area contributed by atoms with E-state index in [2.05, 4.69) is 20.9 Å². The molecule has 19 heavy (non-hydrogen) atoms. The van der Waals surface area contributed by atoms with Gasteiger partial charge in [0.1, 0.15) is 0 Å². The van der Waals surface area contributed by atoms with E-state index in [0.29, 0.717) is 10.5 Å². The number of aromatic nitrogens is 1. The fraction of sp³-hybridized carbons (Fsp3) is 0. The van der Waals surface area contributed by atoms with Crippen molar-refractivity contribution in [1.82, 2.24) is 4.98 Å². The topological polar surface area (TPSA) is 65.3 Å². The maximum absolute atomic E-state index is 13.5. The predicted molar refractivity (Wildman–Crippen MR) is 65.0 cm³/mol. The Hall–Kier alpha value is -2.09. The van der Waals surface area contributed by atoms with Crippen LogP contribution < -0.4 is 4.74 Å². The lowest BCUT2D eigenvalue weighted by Gasteiger charge is -2.06. The quantitative estimate of drug-likeness (QED) is 0.633. The van der Waals surface area contributed by atoms with Gasteiger partial charge in [-0.3, -0.25) is 10.1 Å². The molecule has 0 saturated carbocycles. The van der Waals surface area contributed by atoms with E-state index in [4.69, 9.17) is 4.74 Å². The Balaban J connectivity index is 2.31. The molecule has 0 spiro atoms. The SMILES string of the molecule is O=[N+]([O-])c1ccc(Oc2ncc(Br)cc2F)c(F)c1. The minimum atomic E-state index is -0.974. The van der Waals surface area contributed by atoms with Crippen LogP contribution in [0.3, 0.4) is 0 Å². The first kappa shape index (κ1) is 13.3. The molecule has 98 valence electrons. The molecule has 0 amide bonds. The van der Waals surface area contributed by atoms with E-state index < -0.39 is 28.1 Å². The van der Waals surface area contributed by atoms with Gasteiger partial charge in [-0.2, -0.15) is 0 Å². The first-order valence-electron chi connectivity index (χ1n) is 4.90. The second kappa shape index (κ2) is 5.27. The van der Waals surface area contributed by atoms with Crippen molar-refractivity contribution in [3.05, 3.63) is 56.7 Å². The van der Waals surface area contributed by atoms with E-state index in [1.807, 2.05) is 0 Å². The summed E-state index contributed by atoms with van der Waals surface area (Å²) in [6.45, 7) is 0. The van der Waals surface area contributed by atoms with Crippen LogP contribution in [0, 0.1) is 21.7 Å². The maximum atomic E-state index is 13.5. The molecule has 0 atom stereocenters. The van der Waals surface area contributed by atoms with Crippen LogP contribution in [0.1, 0.15) is 0 Å². The number of nitro groups is 1. The number of benzene rings is 1. The monoisotopic (exact) mass is 330 g/mol. The van der Waals surface area contributed by atoms with E-state index in [0.717, 1.165) is 18.2 Å². The molecule has 0 aliphatic heterocycles. The fourth-order valence-electron chi connectivity index (χ4n) is 1.27. The van der Waals surface area contributed by atoms with Crippen LogP contribution in [0.25, 0.3) is 0 Å². The second-order valence-electron chi connectivity index (χ2n) is 3.41. The number of nitrogens with zero attached hydrogens (tertiary/aromatic N) is 2. The van der Waals surface area contributed by atoms with Crippen molar-refractivity contribution in [2.45, 2.75) is 0 Å². The third kappa shape index (κ3) is 3.02. The van der Waals surface area contributed by atoms with Crippen molar-refractivity contribution < 1.29 is 18.4 Å². The highest BCUT2D eigenvalue weighted by atomic mass is 79.9. The molecule has 8 heteroatoms. The Labute approximate surface area is 114 Å². The lowest BCUT2D eigenvalue weighted by atomic mass is 10.3. The van der Waals surface area contributed by atoms with Crippen molar-refractivity contribution in [3.8, 4) is 11.6 Å². The number of halogens is 3. The molecular formula is C11H5BrF2N2O3. The minimum Gasteiger partial charge on any atom is -0.433 e. The maximum Gasteiger partial charge on any atom is 0.272 e. The van der Waals surface area contributed by atoms with Crippen LogP contribution in [0.5, 0.6) is 11.6 Å². The summed E-state index contributed by atoms with van der Waals surface area (Å²) in [5, 5.41) is 10.4. The molecule has 0 saturated heterocycles. The summed E-state index contributed by atoms with van der Waals surface area (Å²) in [5.41, 5.74) is -0.422. The molecule has 0 aliphatic carbocycles. The number of hydrogen-bond donors (Lipinski definition) is 0. The van der Waals surface area contributed by atoms with Crippen LogP contribution in [0.15, 0.2) is 34.9 Å². The molecule has 0 N–H and O–H groups in total. The highest BCUT2D eigenvalue weighted by Crippen LogP contribution is 2.28. The second-order valence-corrected chi connectivity index (χ2v) is 4.33. The highest BCUT2D eigenvalue weighted by Gasteiger charge is 2.14. The average molecular weight is 331 g/mol. The highest BCUT2D eigenvalue weighted by molar-refractivity contribution is 9.10. The van der Waals surface area contributed by atoms with Crippen molar-refractivity contribution in [1.29, 1.82) is 0 Å². The molecule has 1 aromatic carbocycles. The van der Waals surface area contributed by atoms with Crippen LogP contribution in [0.4, 0.5) is 14.5 Å². The lowest BCUT2D eigenvalue weighted by Crippen LogP contribution is -1.95. The van der Waals surface area contributed by atoms with Gasteiger partial charge in [-0.05, 0) is 28.1 Å². The van der Waals surface area contributed by atoms with Gasteiger partial charge in [-0.25, -0.2) is 13.8 Å². The van der Waals surface area contributed by atoms with Gasteiger partial charge >= 0.3 is 0 Å². The van der Waals surface area contributed by atoms with Crippen LogP contribution in [-0.2, 0) is 0 Å². The zero-order chi connectivity index (χ0) is 14.0. The van der Waals surface area contributed by atoms with Gasteiger partial charge in [-0.1, -0.05) is 0 Å². The molecule has 0 aliphatic rings. The van der Waals surface area contributed by atoms with Crippen molar-refractivity contribution in [2.24, 2.45) is 0 Å². The zero-order valence-corrected chi connectivity index (χ0v) is 10.7. The van der Waals surface area contributed by atoms with Crippen molar-refractivity contribution in [2.75, 3.05) is 0 Å². The van der Waals surface area contributed by atoms with Crippen LogP contribution in [0.2, 0.25) is 0 Å². The molecule has 0 radical (unpaired) electrons. The van der Waals surface area contributed by atoms with Gasteiger partial charge in [0.2, 0.25) is 0 Å². The smallest absolute Gasteiger partial charge is 0.272 e. The normalized spacial score (nSPS) is 10.3. The summed E-state index contributed by atoms with van der Waals surface area (Å²) in [6.07, 6.45) is 1.28. The fourth-order valence-corrected chi connectivity index (χ4v) is 1.57. The molecule has 0 bridgehead atoms. The van der Waals surface area contributed by atoms with Gasteiger partial charge < -0.3 is 4.74 Å². The summed E-state index contributed by atoms with van der Waals surface area (Å²) >= 11 is 3.01. The Kier molecular flexibility index (Phi) is 3.70. The number of rotatable bonds is 3. The summed E-state index contributed by atoms with van der Waals surface area (Å²) in [4.78, 5) is 13.3. The summed E-state index contributed by atoms with van der Waals surface area (Å²) < 4.78 is 32.3. The first-order chi connectivity index (χ1) is 8.97. The van der Waals surface area contributed by atoms with Crippen LogP contribution in [-0.4, -0.2) is 9.91 Å². The predicted octanol–water partition coefficient (Wildman–Crippen LogP) is 3.82. The summed E-state index contributed by atoms with van der Waals surface area (Å²) in [5.74, 6) is -2.53. The Bertz CT molecular complexity index is 652. The summed E-state index contributed by atoms with van der Waals surface area (Å²) in [6, 6.07) is 3.88. The number of pyridine rings is 1. The number of hydrogen-bond acceptors (Lipinski definition) is 4. The molecule has 2 rings (SSSR count). The van der Waals surface area contributed by atoms with E-state index in [1.54, 1.807) is 0 Å². The number of non-ortho nitro benzene ring substituents is 1. The largest absolute Gasteiger partial charge is 0.433 e. The van der Waals surface area contributed by atoms with Gasteiger partial charge in [0.15, 0.2) is 17.4 Å². The molecule has 1 heterocycles. The molecule has 2 aromatic rings. The van der Waals surface area contributed by atoms with Gasteiger partial charge in [0, 0.05) is 16.7 Å². The molecular weight excluding hydrogens is 326 g/mol. The first-order valence-corrected chi connectivity index (χ1v) is 5.69. The number of ether oxygens (including phenoxy) is 1. The van der Waals surface area contributed by atoms with E-state index >= 15 is 0 Å². The summed E-state index contributed by atoms with van der Waals surface area (Å²) in [7, 11) is 0. The van der Waals surface area contributed by atoms with Crippen molar-refractivity contribution in [3.63, 3.8) is 0 Å². The third-order valence-electron chi connectivity index (χ3n) is 2.11. The van der Waals surface area contributed by atoms with Crippen molar-refractivity contribution >= 4 is 21.6 Å². The van der Waals surface area contributed by atoms with Gasteiger partial charge in [0.25, 0.3) is 11.6 Å². The third-order valence-corrected chi connectivity index (χ3v) is 2.54. The number of nitro benzene ring substituents is 1. The van der Waals surface area contributed by atoms with Crippen LogP contribution >= 0.6 is 15.9 Å². The van der Waals surface area contributed by atoms with Gasteiger partial charge in [-0.15, -0.1) is 0 Å². The lowest BCUT2D eigenvalue weighted by molar-refractivity contribution is -0.385. The molecule has 5 nitrogen and oxygen atoms in total. The Morgan fingerprint density at radius 2 is 2.00 bits per heavy atom. The zero-order valence-electron chi connectivity index (χ0n) is 9.14. The Morgan fingerprint density at radius 1 is 1.26 bits per heavy atom. The minimum absolute atomic E-state index is 0.348. The molecule has 0 fully saturated rings.